The van der Waals surface area contributed by atoms with Gasteiger partial charge in [0.25, 0.3) is 0 Å². The molecule has 140 valence electrons. The number of aliphatic hydroxyl groups is 2. The monoisotopic (exact) mass is 344 g/mol. The van der Waals surface area contributed by atoms with E-state index in [1.807, 2.05) is 13.8 Å². The van der Waals surface area contributed by atoms with E-state index in [4.69, 9.17) is 10.2 Å². The first-order chi connectivity index (χ1) is 11.0. The lowest BCUT2D eigenvalue weighted by Crippen LogP contribution is -2.48. The maximum absolute atomic E-state index is 12.2. The molecule has 0 aromatic carbocycles. The molecule has 2 amide bonds. The molecule has 0 aliphatic carbocycles. The molecule has 0 rings (SSSR count). The fraction of sp³-hybridized carbons (Fsp3) is 0.875. The third kappa shape index (κ3) is 6.92. The van der Waals surface area contributed by atoms with E-state index < -0.39 is 11.1 Å². The van der Waals surface area contributed by atoms with Crippen molar-refractivity contribution < 1.29 is 19.8 Å². The molecule has 24 heavy (non-hydrogen) atoms. The van der Waals surface area contributed by atoms with Crippen LogP contribution in [-0.4, -0.2) is 58.4 Å². The van der Waals surface area contributed by atoms with Crippen LogP contribution in [0.5, 0.6) is 0 Å². The summed E-state index contributed by atoms with van der Waals surface area (Å²) in [4.78, 5) is 24.5. The van der Waals surface area contributed by atoms with E-state index in [1.54, 1.807) is 27.7 Å². The van der Waals surface area contributed by atoms with E-state index in [-0.39, 0.29) is 37.1 Å². The molecular formula is C16H32N4O4. The molecule has 0 heterocycles. The van der Waals surface area contributed by atoms with E-state index >= 15 is 0 Å². The fourth-order valence-electron chi connectivity index (χ4n) is 1.62. The van der Waals surface area contributed by atoms with Crippen LogP contribution in [0.15, 0.2) is 10.2 Å². The summed E-state index contributed by atoms with van der Waals surface area (Å²) in [6.07, 6.45) is 1.20. The molecule has 2 unspecified atom stereocenters. The minimum Gasteiger partial charge on any atom is -0.394 e. The van der Waals surface area contributed by atoms with Gasteiger partial charge in [0.2, 0.25) is 11.8 Å². The van der Waals surface area contributed by atoms with Crippen molar-refractivity contribution in [2.24, 2.45) is 10.2 Å². The summed E-state index contributed by atoms with van der Waals surface area (Å²) in [7, 11) is 0. The average molecular weight is 344 g/mol. The van der Waals surface area contributed by atoms with Crippen molar-refractivity contribution in [1.29, 1.82) is 0 Å². The molecule has 0 saturated carbocycles. The van der Waals surface area contributed by atoms with Gasteiger partial charge in [-0.3, -0.25) is 9.59 Å². The molecule has 8 nitrogen and oxygen atoms in total. The maximum atomic E-state index is 12.2. The number of nitrogens with one attached hydrogen (secondary N) is 2. The Morgan fingerprint density at radius 2 is 1.12 bits per heavy atom. The van der Waals surface area contributed by atoms with Crippen molar-refractivity contribution in [1.82, 2.24) is 10.6 Å². The molecular weight excluding hydrogens is 312 g/mol. The van der Waals surface area contributed by atoms with Gasteiger partial charge in [-0.1, -0.05) is 13.8 Å². The number of amides is 2. The van der Waals surface area contributed by atoms with Crippen molar-refractivity contribution in [3.63, 3.8) is 0 Å². The molecule has 0 spiro atoms. The minimum atomic E-state index is -1.17. The van der Waals surface area contributed by atoms with Crippen LogP contribution in [0.2, 0.25) is 0 Å². The second-order valence-corrected chi connectivity index (χ2v) is 6.84. The predicted octanol–water partition coefficient (Wildman–Crippen LogP) is 0.770. The second kappa shape index (κ2) is 9.68. The Morgan fingerprint density at radius 1 is 0.833 bits per heavy atom. The summed E-state index contributed by atoms with van der Waals surface area (Å²) in [6, 6.07) is -0.670. The number of carbonyl (C=O) groups is 2. The van der Waals surface area contributed by atoms with Crippen molar-refractivity contribution in [2.45, 2.75) is 77.5 Å². The molecule has 0 saturated heterocycles. The fourth-order valence-corrected chi connectivity index (χ4v) is 1.62. The van der Waals surface area contributed by atoms with Gasteiger partial charge in [0.05, 0.1) is 25.3 Å². The van der Waals surface area contributed by atoms with Gasteiger partial charge < -0.3 is 20.8 Å². The van der Waals surface area contributed by atoms with Crippen LogP contribution in [0.4, 0.5) is 0 Å². The normalized spacial score (nSPS) is 15.2. The summed E-state index contributed by atoms with van der Waals surface area (Å²) in [5.41, 5.74) is -2.33. The summed E-state index contributed by atoms with van der Waals surface area (Å²) in [6.45, 7) is 9.77. The van der Waals surface area contributed by atoms with E-state index in [9.17, 15) is 9.59 Å². The quantitative estimate of drug-likeness (QED) is 0.437. The first-order valence-electron chi connectivity index (χ1n) is 8.31. The highest BCUT2D eigenvalue weighted by molar-refractivity contribution is 5.87. The summed E-state index contributed by atoms with van der Waals surface area (Å²) in [5.74, 6) is -0.740. The highest BCUT2D eigenvalue weighted by Crippen LogP contribution is 2.17. The smallest absolute Gasteiger partial charge is 0.249 e. The zero-order valence-corrected chi connectivity index (χ0v) is 15.6. The topological polar surface area (TPSA) is 123 Å². The third-order valence-electron chi connectivity index (χ3n) is 3.76. The van der Waals surface area contributed by atoms with Crippen molar-refractivity contribution in [3.05, 3.63) is 0 Å². The number of hydrogen-bond donors (Lipinski definition) is 4. The molecule has 0 fully saturated rings. The zero-order valence-electron chi connectivity index (χ0n) is 15.6. The van der Waals surface area contributed by atoms with Crippen LogP contribution in [0.1, 0.15) is 54.4 Å². The SMILES string of the molecule is CCC(CO)NC(=O)C(C)(C)/N=N/C(C)(C)C(=O)NC(CC)CO. The lowest BCUT2D eigenvalue weighted by Gasteiger charge is -2.25. The maximum Gasteiger partial charge on any atom is 0.249 e. The lowest BCUT2D eigenvalue weighted by atomic mass is 10.0. The summed E-state index contributed by atoms with van der Waals surface area (Å²) in [5, 5.41) is 31.8. The van der Waals surface area contributed by atoms with Gasteiger partial charge in [-0.05, 0) is 40.5 Å². The van der Waals surface area contributed by atoms with Gasteiger partial charge in [-0.25, -0.2) is 0 Å². The molecule has 0 bridgehead atoms. The minimum absolute atomic E-state index is 0.150. The Balaban J connectivity index is 4.98. The average Bonchev–Trinajstić information content (AvgIpc) is 2.55. The molecule has 0 aromatic heterocycles. The number of aliphatic hydroxyl groups excluding tert-OH is 2. The molecule has 0 aliphatic rings. The third-order valence-corrected chi connectivity index (χ3v) is 3.76. The van der Waals surface area contributed by atoms with Crippen LogP contribution in [0, 0.1) is 0 Å². The van der Waals surface area contributed by atoms with E-state index in [0.717, 1.165) is 0 Å². The molecule has 0 aliphatic heterocycles. The van der Waals surface area contributed by atoms with E-state index in [1.165, 1.54) is 0 Å². The Bertz CT molecular complexity index is 401. The molecule has 0 radical (unpaired) electrons. The van der Waals surface area contributed by atoms with Crippen molar-refractivity contribution in [2.75, 3.05) is 13.2 Å². The standard InChI is InChI=1S/C16H32N4O4/c1-7-11(9-21)17-13(23)15(3,4)19-20-16(5,6)14(24)18-12(8-2)10-22/h11-12,21-22H,7-10H2,1-6H3,(H,17,23)(H,18,24)/b20-19+. The van der Waals surface area contributed by atoms with Gasteiger partial charge in [0.1, 0.15) is 0 Å². The van der Waals surface area contributed by atoms with Crippen LogP contribution < -0.4 is 10.6 Å². The Hall–Kier alpha value is -1.54. The van der Waals surface area contributed by atoms with E-state index in [2.05, 4.69) is 20.9 Å². The van der Waals surface area contributed by atoms with Crippen LogP contribution in [-0.2, 0) is 9.59 Å². The molecule has 8 heteroatoms. The van der Waals surface area contributed by atoms with Crippen LogP contribution in [0.25, 0.3) is 0 Å². The van der Waals surface area contributed by atoms with Crippen LogP contribution in [0.3, 0.4) is 0 Å². The highest BCUT2D eigenvalue weighted by atomic mass is 16.3. The number of nitrogens with zero attached hydrogens (tertiary/aromatic N) is 2. The van der Waals surface area contributed by atoms with Gasteiger partial charge >= 0.3 is 0 Å². The lowest BCUT2D eigenvalue weighted by molar-refractivity contribution is -0.128. The number of azo groups is 1. The second-order valence-electron chi connectivity index (χ2n) is 6.84. The van der Waals surface area contributed by atoms with Crippen molar-refractivity contribution in [3.8, 4) is 0 Å². The van der Waals surface area contributed by atoms with Crippen LogP contribution >= 0.6 is 0 Å². The first kappa shape index (κ1) is 22.5. The zero-order chi connectivity index (χ0) is 19.0. The number of carbonyl (C=O) groups excluding carboxylic acids is 2. The highest BCUT2D eigenvalue weighted by Gasteiger charge is 2.33. The first-order valence-corrected chi connectivity index (χ1v) is 8.31. The Kier molecular flexibility index (Phi) is 9.06. The van der Waals surface area contributed by atoms with Gasteiger partial charge in [-0.2, -0.15) is 10.2 Å². The summed E-state index contributed by atoms with van der Waals surface area (Å²) < 4.78 is 0. The number of hydrogen-bond acceptors (Lipinski definition) is 6. The largest absolute Gasteiger partial charge is 0.394 e. The van der Waals surface area contributed by atoms with Crippen molar-refractivity contribution >= 4 is 11.8 Å². The Morgan fingerprint density at radius 3 is 1.33 bits per heavy atom. The Labute approximate surface area is 144 Å². The van der Waals surface area contributed by atoms with E-state index in [0.29, 0.717) is 12.8 Å². The molecule has 2 atom stereocenters. The van der Waals surface area contributed by atoms with Gasteiger partial charge in [-0.15, -0.1) is 0 Å². The summed E-state index contributed by atoms with van der Waals surface area (Å²) >= 11 is 0. The molecule has 4 N–H and O–H groups in total. The van der Waals surface area contributed by atoms with Gasteiger partial charge in [0.15, 0.2) is 11.1 Å². The molecule has 0 aromatic rings. The number of rotatable bonds is 10. The van der Waals surface area contributed by atoms with Gasteiger partial charge in [0, 0.05) is 0 Å². The predicted molar refractivity (Wildman–Crippen MR) is 91.6 cm³/mol.